The van der Waals surface area contributed by atoms with E-state index in [0.29, 0.717) is 16.9 Å². The van der Waals surface area contributed by atoms with Gasteiger partial charge in [-0.25, -0.2) is 26.3 Å². The third-order valence-electron chi connectivity index (χ3n) is 3.81. The van der Waals surface area contributed by atoms with Crippen LogP contribution < -0.4 is 10.2 Å². The highest BCUT2D eigenvalue weighted by Gasteiger charge is 2.25. The Balaban J connectivity index is 1.71. The van der Waals surface area contributed by atoms with Crippen molar-refractivity contribution in [3.8, 4) is 5.75 Å². The van der Waals surface area contributed by atoms with E-state index < -0.39 is 40.6 Å². The zero-order valence-corrected chi connectivity index (χ0v) is 14.5. The average molecular weight is 410 g/mol. The van der Waals surface area contributed by atoms with Gasteiger partial charge in [0.15, 0.2) is 23.3 Å². The Morgan fingerprint density at radius 2 is 1.45 bits per heavy atom. The lowest BCUT2D eigenvalue weighted by molar-refractivity contribution is 0.300. The van der Waals surface area contributed by atoms with Crippen LogP contribution in [0.3, 0.4) is 0 Å². The van der Waals surface area contributed by atoms with Gasteiger partial charge in [-0.1, -0.05) is 30.3 Å². The summed E-state index contributed by atoms with van der Waals surface area (Å²) in [6.07, 6.45) is 1.09. The van der Waals surface area contributed by atoms with E-state index in [2.05, 4.69) is 5.10 Å². The highest BCUT2D eigenvalue weighted by molar-refractivity contribution is 5.80. The fraction of sp³-hybridized carbons (Fsp3) is 0.0500. The Kier molecular flexibility index (Phi) is 6.06. The summed E-state index contributed by atoms with van der Waals surface area (Å²) in [6.45, 7) is -0.0317. The minimum Gasteiger partial charge on any atom is -0.489 e. The van der Waals surface area contributed by atoms with Gasteiger partial charge in [0, 0.05) is 5.56 Å². The van der Waals surface area contributed by atoms with Crippen LogP contribution in [0.15, 0.2) is 53.6 Å². The van der Waals surface area contributed by atoms with Crippen LogP contribution >= 0.6 is 0 Å². The van der Waals surface area contributed by atoms with E-state index in [0.717, 1.165) is 6.21 Å². The van der Waals surface area contributed by atoms with Gasteiger partial charge in [0.25, 0.3) is 0 Å². The molecule has 9 heteroatoms. The number of hydrogen-bond acceptors (Lipinski definition) is 3. The van der Waals surface area contributed by atoms with Crippen LogP contribution in [0, 0.1) is 34.9 Å². The Morgan fingerprint density at radius 1 is 0.793 bits per heavy atom. The molecule has 0 atom stereocenters. The molecule has 3 aromatic rings. The number of anilines is 1. The number of halogens is 6. The van der Waals surface area contributed by atoms with Crippen LogP contribution in [0.2, 0.25) is 0 Å². The largest absolute Gasteiger partial charge is 0.489 e. The number of rotatable bonds is 6. The van der Waals surface area contributed by atoms with Gasteiger partial charge in [-0.3, -0.25) is 5.43 Å². The van der Waals surface area contributed by atoms with Crippen molar-refractivity contribution in [2.45, 2.75) is 6.61 Å². The number of benzene rings is 3. The van der Waals surface area contributed by atoms with E-state index >= 15 is 0 Å². The molecule has 0 aromatic heterocycles. The minimum absolute atomic E-state index is 0.0317. The van der Waals surface area contributed by atoms with E-state index in [1.54, 1.807) is 41.8 Å². The first-order valence-corrected chi connectivity index (χ1v) is 8.15. The summed E-state index contributed by atoms with van der Waals surface area (Å²) < 4.78 is 85.6. The van der Waals surface area contributed by atoms with Gasteiger partial charge in [-0.05, 0) is 23.8 Å². The van der Waals surface area contributed by atoms with Gasteiger partial charge in [-0.15, -0.1) is 0 Å². The maximum Gasteiger partial charge on any atom is 0.200 e. The van der Waals surface area contributed by atoms with Crippen LogP contribution in [0.5, 0.6) is 5.75 Å². The molecule has 0 aliphatic rings. The zero-order chi connectivity index (χ0) is 21.0. The first-order valence-electron chi connectivity index (χ1n) is 8.15. The summed E-state index contributed by atoms with van der Waals surface area (Å²) in [5, 5.41) is 3.49. The van der Waals surface area contributed by atoms with Gasteiger partial charge in [0.2, 0.25) is 5.82 Å². The number of nitrogens with one attached hydrogen (secondary N) is 1. The Bertz CT molecular complexity index is 1040. The van der Waals surface area contributed by atoms with Gasteiger partial charge in [0.1, 0.15) is 23.9 Å². The second-order valence-electron chi connectivity index (χ2n) is 5.77. The normalized spacial score (nSPS) is 11.1. The lowest BCUT2D eigenvalue weighted by atomic mass is 10.2. The molecule has 0 aliphatic heterocycles. The van der Waals surface area contributed by atoms with Crippen LogP contribution in [-0.2, 0) is 6.61 Å². The lowest BCUT2D eigenvalue weighted by Crippen LogP contribution is -2.06. The van der Waals surface area contributed by atoms with Crippen molar-refractivity contribution in [2.75, 3.05) is 5.43 Å². The summed E-state index contributed by atoms with van der Waals surface area (Å²) in [4.78, 5) is 0. The molecule has 0 amide bonds. The SMILES string of the molecule is Fc1ccccc1COc1cccc(C=NNc2c(F)c(F)c(F)c(F)c2F)c1. The molecular formula is C20H12F6N2O. The summed E-state index contributed by atoms with van der Waals surface area (Å²) >= 11 is 0. The second-order valence-corrected chi connectivity index (χ2v) is 5.77. The Hall–Kier alpha value is -3.49. The maximum absolute atomic E-state index is 13.6. The van der Waals surface area contributed by atoms with Crippen LogP contribution in [0.1, 0.15) is 11.1 Å². The van der Waals surface area contributed by atoms with Crippen molar-refractivity contribution in [2.24, 2.45) is 5.10 Å². The maximum atomic E-state index is 13.6. The molecule has 0 saturated heterocycles. The second kappa shape index (κ2) is 8.68. The Labute approximate surface area is 161 Å². The quantitative estimate of drug-likeness (QED) is 0.190. The summed E-state index contributed by atoms with van der Waals surface area (Å²) in [5.41, 5.74) is 1.27. The number of nitrogens with zero attached hydrogens (tertiary/aromatic N) is 1. The fourth-order valence-electron chi connectivity index (χ4n) is 2.34. The predicted octanol–water partition coefficient (Wildman–Crippen LogP) is 5.55. The van der Waals surface area contributed by atoms with Crippen molar-refractivity contribution in [1.82, 2.24) is 0 Å². The fourth-order valence-corrected chi connectivity index (χ4v) is 2.34. The minimum atomic E-state index is -2.26. The molecule has 0 aliphatic carbocycles. The first-order chi connectivity index (χ1) is 13.9. The Morgan fingerprint density at radius 3 is 2.14 bits per heavy atom. The summed E-state index contributed by atoms with van der Waals surface area (Å²) in [7, 11) is 0. The van der Waals surface area contributed by atoms with E-state index in [1.807, 2.05) is 0 Å². The van der Waals surface area contributed by atoms with Gasteiger partial charge >= 0.3 is 0 Å². The highest BCUT2D eigenvalue weighted by atomic mass is 19.2. The first kappa shape index (κ1) is 20.2. The third kappa shape index (κ3) is 4.50. The number of hydrogen-bond donors (Lipinski definition) is 1. The molecule has 0 heterocycles. The number of hydrazone groups is 1. The molecule has 0 spiro atoms. The molecule has 0 saturated carbocycles. The average Bonchev–Trinajstić information content (AvgIpc) is 2.73. The zero-order valence-electron chi connectivity index (χ0n) is 14.5. The van der Waals surface area contributed by atoms with Gasteiger partial charge < -0.3 is 4.74 Å². The molecule has 3 rings (SSSR count). The van der Waals surface area contributed by atoms with E-state index in [1.165, 1.54) is 12.1 Å². The van der Waals surface area contributed by atoms with Crippen LogP contribution in [0.25, 0.3) is 0 Å². The monoisotopic (exact) mass is 410 g/mol. The molecule has 150 valence electrons. The summed E-state index contributed by atoms with van der Waals surface area (Å²) in [6, 6.07) is 12.3. The van der Waals surface area contributed by atoms with Crippen molar-refractivity contribution in [1.29, 1.82) is 0 Å². The van der Waals surface area contributed by atoms with Crippen LogP contribution in [0.4, 0.5) is 32.0 Å². The van der Waals surface area contributed by atoms with Crippen molar-refractivity contribution >= 4 is 11.9 Å². The lowest BCUT2D eigenvalue weighted by Gasteiger charge is -2.08. The highest BCUT2D eigenvalue weighted by Crippen LogP contribution is 2.27. The van der Waals surface area contributed by atoms with E-state index in [4.69, 9.17) is 4.74 Å². The molecule has 3 aromatic carbocycles. The van der Waals surface area contributed by atoms with Crippen molar-refractivity contribution in [3.63, 3.8) is 0 Å². The topological polar surface area (TPSA) is 33.6 Å². The van der Waals surface area contributed by atoms with Gasteiger partial charge in [0.05, 0.1) is 6.21 Å². The molecule has 0 radical (unpaired) electrons. The molecular weight excluding hydrogens is 398 g/mol. The third-order valence-corrected chi connectivity index (χ3v) is 3.81. The molecule has 0 fully saturated rings. The standard InChI is InChI=1S/C20H12F6N2O/c21-14-7-2-1-5-12(14)10-29-13-6-3-4-11(8-13)9-27-28-20-18(25)16(23)15(22)17(24)19(20)26/h1-9,28H,10H2. The molecule has 0 unspecified atom stereocenters. The predicted molar refractivity (Wildman–Crippen MR) is 94.6 cm³/mol. The molecule has 0 bridgehead atoms. The molecule has 3 nitrogen and oxygen atoms in total. The van der Waals surface area contributed by atoms with Crippen LogP contribution in [-0.4, -0.2) is 6.21 Å². The summed E-state index contributed by atoms with van der Waals surface area (Å²) in [5.74, 6) is -10.5. The molecule has 1 N–H and O–H groups in total. The molecule has 29 heavy (non-hydrogen) atoms. The van der Waals surface area contributed by atoms with Gasteiger partial charge in [-0.2, -0.15) is 5.10 Å². The number of ether oxygens (including phenoxy) is 1. The van der Waals surface area contributed by atoms with E-state index in [-0.39, 0.29) is 6.61 Å². The smallest absolute Gasteiger partial charge is 0.200 e. The van der Waals surface area contributed by atoms with Crippen molar-refractivity contribution in [3.05, 3.63) is 94.6 Å². The van der Waals surface area contributed by atoms with Crippen molar-refractivity contribution < 1.29 is 31.1 Å². The van der Waals surface area contributed by atoms with E-state index in [9.17, 15) is 26.3 Å².